The van der Waals surface area contributed by atoms with Crippen LogP contribution in [0.5, 0.6) is 11.5 Å². The Balaban J connectivity index is 2.09. The molecule has 1 amide bonds. The monoisotopic (exact) mass is 369 g/mol. The normalized spacial score (nSPS) is 11.9. The van der Waals surface area contributed by atoms with Gasteiger partial charge in [0.15, 0.2) is 11.5 Å². The fourth-order valence-electron chi connectivity index (χ4n) is 2.36. The fourth-order valence-corrected chi connectivity index (χ4v) is 2.36. The summed E-state index contributed by atoms with van der Waals surface area (Å²) in [6.07, 6.45) is 1.24. The van der Waals surface area contributed by atoms with Crippen molar-refractivity contribution in [3.05, 3.63) is 65.6 Å². The van der Waals surface area contributed by atoms with Gasteiger partial charge >= 0.3 is 0 Å². The average molecular weight is 369 g/mol. The van der Waals surface area contributed by atoms with E-state index in [0.717, 1.165) is 5.56 Å². The summed E-state index contributed by atoms with van der Waals surface area (Å²) in [4.78, 5) is 12.4. The van der Waals surface area contributed by atoms with Crippen molar-refractivity contribution in [3.8, 4) is 17.6 Å². The maximum Gasteiger partial charge on any atom is 0.263 e. The van der Waals surface area contributed by atoms with Crippen molar-refractivity contribution in [3.63, 3.8) is 0 Å². The van der Waals surface area contributed by atoms with E-state index in [4.69, 9.17) is 9.47 Å². The standard InChI is InChI=1S/C20H20FN3O3/c1-13(14-7-8-18(26-2)19(9-14)27-3)24-20(25)15(11-22)12-23-17-6-4-5-16(21)10-17/h4-10,12-13,23H,1-3H3,(H,24,25)/b15-12-. The van der Waals surface area contributed by atoms with Crippen LogP contribution in [-0.4, -0.2) is 20.1 Å². The quantitative estimate of drug-likeness (QED) is 0.576. The lowest BCUT2D eigenvalue weighted by Gasteiger charge is -2.16. The first-order chi connectivity index (χ1) is 13.0. The minimum Gasteiger partial charge on any atom is -0.493 e. The number of halogens is 1. The van der Waals surface area contributed by atoms with Crippen molar-refractivity contribution in [2.24, 2.45) is 0 Å². The third-order valence-corrected chi connectivity index (χ3v) is 3.83. The van der Waals surface area contributed by atoms with E-state index in [2.05, 4.69) is 10.6 Å². The highest BCUT2D eigenvalue weighted by atomic mass is 19.1. The van der Waals surface area contributed by atoms with Gasteiger partial charge in [-0.15, -0.1) is 0 Å². The van der Waals surface area contributed by atoms with Gasteiger partial charge in [-0.1, -0.05) is 12.1 Å². The summed E-state index contributed by atoms with van der Waals surface area (Å²) in [6.45, 7) is 1.79. The topological polar surface area (TPSA) is 83.4 Å². The van der Waals surface area contributed by atoms with Crippen LogP contribution in [0.1, 0.15) is 18.5 Å². The van der Waals surface area contributed by atoms with Crippen molar-refractivity contribution in [2.75, 3.05) is 19.5 Å². The number of benzene rings is 2. The van der Waals surface area contributed by atoms with Gasteiger partial charge in [0.2, 0.25) is 0 Å². The number of nitrogens with one attached hydrogen (secondary N) is 2. The summed E-state index contributed by atoms with van der Waals surface area (Å²) in [5, 5.41) is 14.7. The van der Waals surface area contributed by atoms with E-state index in [1.54, 1.807) is 38.3 Å². The largest absolute Gasteiger partial charge is 0.493 e. The average Bonchev–Trinajstić information content (AvgIpc) is 2.67. The van der Waals surface area contributed by atoms with Gasteiger partial charge in [-0.05, 0) is 42.8 Å². The van der Waals surface area contributed by atoms with E-state index in [0.29, 0.717) is 17.2 Å². The number of nitrogens with zero attached hydrogens (tertiary/aromatic N) is 1. The molecule has 2 aromatic carbocycles. The Morgan fingerprint density at radius 3 is 2.56 bits per heavy atom. The minimum atomic E-state index is -0.552. The predicted octanol–water partition coefficient (Wildman–Crippen LogP) is 3.54. The van der Waals surface area contributed by atoms with E-state index >= 15 is 0 Å². The van der Waals surface area contributed by atoms with Gasteiger partial charge in [0.1, 0.15) is 17.5 Å². The SMILES string of the molecule is COc1ccc(C(C)NC(=O)/C(C#N)=C\Nc2cccc(F)c2)cc1OC. The molecule has 0 aliphatic heterocycles. The maximum absolute atomic E-state index is 13.2. The molecule has 1 atom stereocenters. The molecule has 0 saturated carbocycles. The van der Waals surface area contributed by atoms with Crippen molar-refractivity contribution in [1.29, 1.82) is 5.26 Å². The second-order valence-corrected chi connectivity index (χ2v) is 5.63. The second-order valence-electron chi connectivity index (χ2n) is 5.63. The Morgan fingerprint density at radius 1 is 1.19 bits per heavy atom. The number of methoxy groups -OCH3 is 2. The molecule has 0 aliphatic carbocycles. The number of hydrogen-bond acceptors (Lipinski definition) is 5. The zero-order valence-electron chi connectivity index (χ0n) is 15.2. The van der Waals surface area contributed by atoms with Gasteiger partial charge in [0.05, 0.1) is 20.3 Å². The molecule has 27 heavy (non-hydrogen) atoms. The summed E-state index contributed by atoms with van der Waals surface area (Å²) in [7, 11) is 3.07. The number of ether oxygens (including phenoxy) is 2. The van der Waals surface area contributed by atoms with Gasteiger partial charge in [-0.25, -0.2) is 4.39 Å². The molecule has 1 unspecified atom stereocenters. The van der Waals surface area contributed by atoms with Gasteiger partial charge in [0.25, 0.3) is 5.91 Å². The number of rotatable bonds is 7. The van der Waals surface area contributed by atoms with Crippen LogP contribution in [0.15, 0.2) is 54.2 Å². The van der Waals surface area contributed by atoms with Crippen LogP contribution in [0.3, 0.4) is 0 Å². The fraction of sp³-hybridized carbons (Fsp3) is 0.200. The molecule has 0 fully saturated rings. The van der Waals surface area contributed by atoms with E-state index in [1.807, 2.05) is 6.07 Å². The van der Waals surface area contributed by atoms with E-state index in [-0.39, 0.29) is 11.6 Å². The van der Waals surface area contributed by atoms with Crippen molar-refractivity contribution in [2.45, 2.75) is 13.0 Å². The number of anilines is 1. The van der Waals surface area contributed by atoms with Crippen LogP contribution in [-0.2, 0) is 4.79 Å². The Kier molecular flexibility index (Phi) is 6.78. The summed E-state index contributed by atoms with van der Waals surface area (Å²) in [5.74, 6) is 0.152. The van der Waals surface area contributed by atoms with Crippen molar-refractivity contribution < 1.29 is 18.7 Å². The minimum absolute atomic E-state index is 0.133. The number of amides is 1. The zero-order valence-corrected chi connectivity index (χ0v) is 15.2. The lowest BCUT2D eigenvalue weighted by atomic mass is 10.1. The number of carbonyl (C=O) groups excluding carboxylic acids is 1. The Hall–Kier alpha value is -3.53. The van der Waals surface area contributed by atoms with Crippen LogP contribution in [0, 0.1) is 17.1 Å². The van der Waals surface area contributed by atoms with E-state index in [1.165, 1.54) is 31.5 Å². The maximum atomic E-state index is 13.2. The van der Waals surface area contributed by atoms with Crippen molar-refractivity contribution in [1.82, 2.24) is 5.32 Å². The first-order valence-corrected chi connectivity index (χ1v) is 8.13. The molecule has 0 aromatic heterocycles. The molecule has 7 heteroatoms. The lowest BCUT2D eigenvalue weighted by Crippen LogP contribution is -2.28. The van der Waals surface area contributed by atoms with Gasteiger partial charge in [-0.2, -0.15) is 5.26 Å². The third kappa shape index (κ3) is 5.22. The summed E-state index contributed by atoms with van der Waals surface area (Å²) < 4.78 is 23.6. The molecule has 140 valence electrons. The van der Waals surface area contributed by atoms with E-state index < -0.39 is 11.7 Å². The molecule has 0 aliphatic rings. The molecule has 6 nitrogen and oxygen atoms in total. The summed E-state index contributed by atoms with van der Waals surface area (Å²) in [5.41, 5.74) is 1.09. The highest BCUT2D eigenvalue weighted by Gasteiger charge is 2.15. The Labute approximate surface area is 157 Å². The molecule has 2 aromatic rings. The third-order valence-electron chi connectivity index (χ3n) is 3.83. The van der Waals surface area contributed by atoms with Crippen LogP contribution in [0.4, 0.5) is 10.1 Å². The van der Waals surface area contributed by atoms with Crippen LogP contribution in [0.25, 0.3) is 0 Å². The molecular weight excluding hydrogens is 349 g/mol. The van der Waals surface area contributed by atoms with Crippen molar-refractivity contribution >= 4 is 11.6 Å². The number of nitriles is 1. The molecule has 0 heterocycles. The second kappa shape index (κ2) is 9.25. The van der Waals surface area contributed by atoms with Crippen LogP contribution < -0.4 is 20.1 Å². The first kappa shape index (κ1) is 19.8. The molecule has 2 rings (SSSR count). The Morgan fingerprint density at radius 2 is 1.93 bits per heavy atom. The van der Waals surface area contributed by atoms with Crippen LogP contribution in [0.2, 0.25) is 0 Å². The van der Waals surface area contributed by atoms with E-state index in [9.17, 15) is 14.4 Å². The summed E-state index contributed by atoms with van der Waals surface area (Å²) >= 11 is 0. The highest BCUT2D eigenvalue weighted by molar-refractivity contribution is 5.97. The van der Waals surface area contributed by atoms with Gasteiger partial charge in [0, 0.05) is 11.9 Å². The number of hydrogen-bond donors (Lipinski definition) is 2. The zero-order chi connectivity index (χ0) is 19.8. The Bertz CT molecular complexity index is 890. The summed E-state index contributed by atoms with van der Waals surface area (Å²) in [6, 6.07) is 12.5. The van der Waals surface area contributed by atoms with Gasteiger partial charge < -0.3 is 20.1 Å². The van der Waals surface area contributed by atoms with Gasteiger partial charge in [-0.3, -0.25) is 4.79 Å². The number of carbonyl (C=O) groups is 1. The van der Waals surface area contributed by atoms with Crippen LogP contribution >= 0.6 is 0 Å². The smallest absolute Gasteiger partial charge is 0.263 e. The molecule has 2 N–H and O–H groups in total. The highest BCUT2D eigenvalue weighted by Crippen LogP contribution is 2.29. The molecule has 0 bridgehead atoms. The lowest BCUT2D eigenvalue weighted by molar-refractivity contribution is -0.117. The molecular formula is C20H20FN3O3. The first-order valence-electron chi connectivity index (χ1n) is 8.13. The molecule has 0 spiro atoms. The predicted molar refractivity (Wildman–Crippen MR) is 99.8 cm³/mol. The molecule has 0 saturated heterocycles. The molecule has 0 radical (unpaired) electrons.